The average molecular weight is 513 g/mol. The largest absolute Gasteiger partial charge is 0.469 e. The number of aliphatic imine (C=N–C) groups is 1. The molecule has 1 fully saturated rings. The van der Waals surface area contributed by atoms with Crippen molar-refractivity contribution in [2.75, 3.05) is 26.4 Å². The van der Waals surface area contributed by atoms with E-state index in [1.165, 1.54) is 5.56 Å². The third-order valence-electron chi connectivity index (χ3n) is 4.71. The number of halogens is 1. The van der Waals surface area contributed by atoms with Crippen molar-refractivity contribution in [2.24, 2.45) is 4.99 Å². The van der Waals surface area contributed by atoms with Crippen LogP contribution in [0.2, 0.25) is 0 Å². The van der Waals surface area contributed by atoms with E-state index in [9.17, 15) is 0 Å². The lowest BCUT2D eigenvalue weighted by Gasteiger charge is -2.23. The highest BCUT2D eigenvalue weighted by atomic mass is 127. The van der Waals surface area contributed by atoms with Gasteiger partial charge in [0.25, 0.3) is 0 Å². The normalized spacial score (nSPS) is 18.7. The molecule has 1 saturated heterocycles. The average Bonchev–Trinajstić information content (AvgIpc) is 3.41. The van der Waals surface area contributed by atoms with Crippen molar-refractivity contribution < 1.29 is 13.9 Å². The van der Waals surface area contributed by atoms with Crippen molar-refractivity contribution in [3.05, 3.63) is 60.1 Å². The molecule has 1 aliphatic heterocycles. The maximum Gasteiger partial charge on any atom is 0.192 e. The molecule has 0 saturated carbocycles. The van der Waals surface area contributed by atoms with Gasteiger partial charge in [0.05, 0.1) is 31.6 Å². The molecule has 0 radical (unpaired) electrons. The number of ether oxygens (including phenoxy) is 2. The Balaban J connectivity index is 0.00000300. The van der Waals surface area contributed by atoms with E-state index in [2.05, 4.69) is 48.7 Å². The molecule has 1 aliphatic rings. The molecular formula is C22H32IN3O3. The standard InChI is InChI=1S/C22H31N3O3.HI/c1-17(15-28-21-11-14-26-16-21)24-22(23-12-10-20-9-6-13-27-20)25-18(2)19-7-4-3-5-8-19;/h3-9,13,17-18,21H,10-12,14-16H2,1-2H3,(H2,23,24,25);1H. The van der Waals surface area contributed by atoms with Crippen LogP contribution in [0.5, 0.6) is 0 Å². The minimum absolute atomic E-state index is 0. The monoisotopic (exact) mass is 513 g/mol. The Hall–Kier alpha value is -1.58. The van der Waals surface area contributed by atoms with Crippen LogP contribution in [-0.4, -0.2) is 44.5 Å². The fourth-order valence-electron chi connectivity index (χ4n) is 3.10. The lowest BCUT2D eigenvalue weighted by molar-refractivity contribution is 0.0347. The molecule has 3 atom stereocenters. The van der Waals surface area contributed by atoms with Crippen molar-refractivity contribution in [2.45, 2.75) is 44.9 Å². The highest BCUT2D eigenvalue weighted by Crippen LogP contribution is 2.11. The zero-order valence-electron chi connectivity index (χ0n) is 17.2. The highest BCUT2D eigenvalue weighted by molar-refractivity contribution is 14.0. The number of benzene rings is 1. The van der Waals surface area contributed by atoms with Gasteiger partial charge < -0.3 is 24.5 Å². The van der Waals surface area contributed by atoms with E-state index in [4.69, 9.17) is 18.9 Å². The molecule has 0 spiro atoms. The second kappa shape index (κ2) is 12.9. The van der Waals surface area contributed by atoms with Crippen molar-refractivity contribution in [3.63, 3.8) is 0 Å². The number of guanidine groups is 1. The molecule has 29 heavy (non-hydrogen) atoms. The topological polar surface area (TPSA) is 68.0 Å². The first-order valence-electron chi connectivity index (χ1n) is 10.0. The number of hydrogen-bond donors (Lipinski definition) is 2. The van der Waals surface area contributed by atoms with E-state index in [-0.39, 0.29) is 42.2 Å². The Labute approximate surface area is 190 Å². The molecule has 160 valence electrons. The molecule has 0 bridgehead atoms. The Morgan fingerprint density at radius 2 is 2.00 bits per heavy atom. The molecule has 6 nitrogen and oxygen atoms in total. The number of hydrogen-bond acceptors (Lipinski definition) is 4. The minimum Gasteiger partial charge on any atom is -0.469 e. The summed E-state index contributed by atoms with van der Waals surface area (Å²) in [5.74, 6) is 1.72. The van der Waals surface area contributed by atoms with Crippen LogP contribution in [0, 0.1) is 0 Å². The zero-order chi connectivity index (χ0) is 19.6. The second-order valence-electron chi connectivity index (χ2n) is 7.20. The SMILES string of the molecule is CC(COC1CCOC1)NC(=NCCc1ccco1)NC(C)c1ccccc1.I. The van der Waals surface area contributed by atoms with Gasteiger partial charge in [0.2, 0.25) is 0 Å². The number of nitrogens with zero attached hydrogens (tertiary/aromatic N) is 1. The quantitative estimate of drug-likeness (QED) is 0.302. The summed E-state index contributed by atoms with van der Waals surface area (Å²) in [5.41, 5.74) is 1.22. The third kappa shape index (κ3) is 8.36. The fraction of sp³-hybridized carbons (Fsp3) is 0.500. The summed E-state index contributed by atoms with van der Waals surface area (Å²) in [5, 5.41) is 6.96. The van der Waals surface area contributed by atoms with Crippen molar-refractivity contribution in [1.82, 2.24) is 10.6 Å². The summed E-state index contributed by atoms with van der Waals surface area (Å²) in [4.78, 5) is 4.74. The van der Waals surface area contributed by atoms with Gasteiger partial charge in [-0.05, 0) is 38.0 Å². The first-order valence-corrected chi connectivity index (χ1v) is 10.0. The lowest BCUT2D eigenvalue weighted by atomic mass is 10.1. The Bertz CT molecular complexity index is 703. The van der Waals surface area contributed by atoms with Gasteiger partial charge in [-0.3, -0.25) is 4.99 Å². The molecule has 0 amide bonds. The maximum atomic E-state index is 5.93. The van der Waals surface area contributed by atoms with Crippen molar-refractivity contribution >= 4 is 29.9 Å². The van der Waals surface area contributed by atoms with Crippen LogP contribution < -0.4 is 10.6 Å². The molecule has 1 aromatic carbocycles. The summed E-state index contributed by atoms with van der Waals surface area (Å²) >= 11 is 0. The molecule has 7 heteroatoms. The highest BCUT2D eigenvalue weighted by Gasteiger charge is 2.18. The third-order valence-corrected chi connectivity index (χ3v) is 4.71. The van der Waals surface area contributed by atoms with Gasteiger partial charge in [0.15, 0.2) is 5.96 Å². The number of furan rings is 1. The van der Waals surface area contributed by atoms with E-state index in [0.717, 1.165) is 31.2 Å². The van der Waals surface area contributed by atoms with Gasteiger partial charge in [-0.2, -0.15) is 0 Å². The zero-order valence-corrected chi connectivity index (χ0v) is 19.5. The van der Waals surface area contributed by atoms with Crippen LogP contribution in [0.3, 0.4) is 0 Å². The van der Waals surface area contributed by atoms with E-state index >= 15 is 0 Å². The lowest BCUT2D eigenvalue weighted by Crippen LogP contribution is -2.45. The summed E-state index contributed by atoms with van der Waals surface area (Å²) in [6.45, 7) is 6.99. The van der Waals surface area contributed by atoms with Crippen molar-refractivity contribution in [1.29, 1.82) is 0 Å². The maximum absolute atomic E-state index is 5.93. The van der Waals surface area contributed by atoms with Crippen LogP contribution in [0.1, 0.15) is 37.6 Å². The van der Waals surface area contributed by atoms with E-state index < -0.39 is 0 Å². The minimum atomic E-state index is 0. The van der Waals surface area contributed by atoms with Crippen LogP contribution in [0.4, 0.5) is 0 Å². The van der Waals surface area contributed by atoms with E-state index in [1.54, 1.807) is 6.26 Å². The second-order valence-corrected chi connectivity index (χ2v) is 7.20. The first-order chi connectivity index (χ1) is 13.7. The molecule has 2 N–H and O–H groups in total. The van der Waals surface area contributed by atoms with Crippen LogP contribution in [-0.2, 0) is 15.9 Å². The molecule has 2 heterocycles. The van der Waals surface area contributed by atoms with Gasteiger partial charge in [0.1, 0.15) is 5.76 Å². The van der Waals surface area contributed by atoms with Crippen LogP contribution >= 0.6 is 24.0 Å². The van der Waals surface area contributed by atoms with Gasteiger partial charge in [-0.15, -0.1) is 24.0 Å². The van der Waals surface area contributed by atoms with Gasteiger partial charge in [-0.1, -0.05) is 30.3 Å². The molecular weight excluding hydrogens is 481 g/mol. The summed E-state index contributed by atoms with van der Waals surface area (Å²) < 4.78 is 16.7. The van der Waals surface area contributed by atoms with Crippen molar-refractivity contribution in [3.8, 4) is 0 Å². The smallest absolute Gasteiger partial charge is 0.192 e. The fourth-order valence-corrected chi connectivity index (χ4v) is 3.10. The number of nitrogens with one attached hydrogen (secondary N) is 2. The van der Waals surface area contributed by atoms with Crippen LogP contribution in [0.15, 0.2) is 58.1 Å². The first kappa shape index (κ1) is 23.7. The van der Waals surface area contributed by atoms with Crippen LogP contribution in [0.25, 0.3) is 0 Å². The summed E-state index contributed by atoms with van der Waals surface area (Å²) in [6, 6.07) is 14.5. The molecule has 1 aromatic heterocycles. The van der Waals surface area contributed by atoms with Gasteiger partial charge in [0, 0.05) is 25.6 Å². The Morgan fingerprint density at radius 3 is 2.69 bits per heavy atom. The molecule has 3 rings (SSSR count). The van der Waals surface area contributed by atoms with Gasteiger partial charge in [-0.25, -0.2) is 0 Å². The predicted molar refractivity (Wildman–Crippen MR) is 126 cm³/mol. The van der Waals surface area contributed by atoms with E-state index in [1.807, 2.05) is 18.2 Å². The Kier molecular flexibility index (Phi) is 10.5. The summed E-state index contributed by atoms with van der Waals surface area (Å²) in [6.07, 6.45) is 3.64. The number of rotatable bonds is 9. The van der Waals surface area contributed by atoms with Gasteiger partial charge >= 0.3 is 0 Å². The van der Waals surface area contributed by atoms with E-state index in [0.29, 0.717) is 19.8 Å². The Morgan fingerprint density at radius 1 is 1.17 bits per heavy atom. The predicted octanol–water partition coefficient (Wildman–Crippen LogP) is 3.93. The summed E-state index contributed by atoms with van der Waals surface area (Å²) in [7, 11) is 0. The molecule has 0 aliphatic carbocycles. The molecule has 2 aromatic rings. The molecule has 3 unspecified atom stereocenters.